The zero-order chi connectivity index (χ0) is 15.0. The number of methoxy groups -OCH3 is 1. The molecule has 1 aliphatic heterocycles. The molecular weight excluding hydrogens is 332 g/mol. The summed E-state index contributed by atoms with van der Waals surface area (Å²) in [6.45, 7) is 4.69. The molecule has 0 bridgehead atoms. The van der Waals surface area contributed by atoms with Crippen LogP contribution in [0.5, 0.6) is 5.75 Å². The molecule has 0 aliphatic carbocycles. The van der Waals surface area contributed by atoms with Crippen molar-refractivity contribution in [2.24, 2.45) is 0 Å². The Morgan fingerprint density at radius 2 is 1.95 bits per heavy atom. The van der Waals surface area contributed by atoms with Gasteiger partial charge in [0.25, 0.3) is 0 Å². The smallest absolute Gasteiger partial charge is 0.207 e. The van der Waals surface area contributed by atoms with Crippen molar-refractivity contribution in [1.82, 2.24) is 0 Å². The third-order valence-electron chi connectivity index (χ3n) is 3.88. The van der Waals surface area contributed by atoms with E-state index in [0.29, 0.717) is 6.61 Å². The maximum Gasteiger partial charge on any atom is 0.207 e. The molecule has 1 fully saturated rings. The maximum atomic E-state index is 6.10. The largest absolute Gasteiger partial charge is 0.497 e. The van der Waals surface area contributed by atoms with Crippen molar-refractivity contribution in [2.75, 3.05) is 13.7 Å². The van der Waals surface area contributed by atoms with Gasteiger partial charge in [0.15, 0.2) is 0 Å². The van der Waals surface area contributed by atoms with Gasteiger partial charge in [0.1, 0.15) is 5.75 Å². The van der Waals surface area contributed by atoms with Crippen molar-refractivity contribution in [3.63, 3.8) is 0 Å². The molecule has 3 nitrogen and oxygen atoms in total. The Labute approximate surface area is 133 Å². The van der Waals surface area contributed by atoms with Crippen LogP contribution in [0.2, 0.25) is 0 Å². The molecule has 3 rings (SSSR count). The highest BCUT2D eigenvalue weighted by Crippen LogP contribution is 2.41. The van der Waals surface area contributed by atoms with E-state index in [2.05, 4.69) is 47.1 Å². The zero-order valence-electron chi connectivity index (χ0n) is 12.4. The monoisotopic (exact) mass is 350 g/mol. The van der Waals surface area contributed by atoms with E-state index in [1.807, 2.05) is 19.1 Å². The summed E-state index contributed by atoms with van der Waals surface area (Å²) in [6, 6.07) is 12.3. The molecule has 3 atom stereocenters. The Morgan fingerprint density at radius 1 is 1.24 bits per heavy atom. The summed E-state index contributed by atoms with van der Waals surface area (Å²) in [5.74, 6) is 0.147. The van der Waals surface area contributed by atoms with Crippen LogP contribution in [0.15, 0.2) is 36.4 Å². The first kappa shape index (κ1) is 14.8. The molecule has 0 spiro atoms. The lowest BCUT2D eigenvalue weighted by molar-refractivity contribution is -0.171. The Bertz CT molecular complexity index is 656. The van der Waals surface area contributed by atoms with Crippen LogP contribution in [0.3, 0.4) is 0 Å². The minimum absolute atomic E-state index is 0.0608. The van der Waals surface area contributed by atoms with E-state index < -0.39 is 5.79 Å². The van der Waals surface area contributed by atoms with Crippen molar-refractivity contribution >= 4 is 26.7 Å². The Morgan fingerprint density at radius 3 is 2.57 bits per heavy atom. The van der Waals surface area contributed by atoms with Crippen LogP contribution in [0.4, 0.5) is 0 Å². The topological polar surface area (TPSA) is 27.7 Å². The van der Waals surface area contributed by atoms with Crippen LogP contribution in [0.25, 0.3) is 10.8 Å². The van der Waals surface area contributed by atoms with Crippen molar-refractivity contribution in [3.05, 3.63) is 42.0 Å². The van der Waals surface area contributed by atoms with Gasteiger partial charge >= 0.3 is 0 Å². The van der Waals surface area contributed by atoms with Gasteiger partial charge in [-0.25, -0.2) is 0 Å². The van der Waals surface area contributed by atoms with Gasteiger partial charge < -0.3 is 14.2 Å². The highest BCUT2D eigenvalue weighted by molar-refractivity contribution is 9.09. The molecular formula is C17H19BrO3. The number of ether oxygens (including phenoxy) is 3. The van der Waals surface area contributed by atoms with E-state index in [1.165, 1.54) is 0 Å². The first-order valence-corrected chi connectivity index (χ1v) is 8.01. The summed E-state index contributed by atoms with van der Waals surface area (Å²) in [5, 5.41) is 2.29. The number of rotatable bonds is 3. The summed E-state index contributed by atoms with van der Waals surface area (Å²) >= 11 is 3.64. The highest BCUT2D eigenvalue weighted by Gasteiger charge is 2.45. The van der Waals surface area contributed by atoms with Crippen LogP contribution < -0.4 is 4.74 Å². The molecule has 2 unspecified atom stereocenters. The predicted octanol–water partition coefficient (Wildman–Crippen LogP) is 4.22. The summed E-state index contributed by atoms with van der Waals surface area (Å²) < 4.78 is 17.4. The normalized spacial score (nSPS) is 27.0. The molecule has 1 saturated heterocycles. The fourth-order valence-electron chi connectivity index (χ4n) is 2.77. The van der Waals surface area contributed by atoms with Crippen molar-refractivity contribution < 1.29 is 14.2 Å². The van der Waals surface area contributed by atoms with Gasteiger partial charge in [-0.1, -0.05) is 34.1 Å². The number of hydrogen-bond donors (Lipinski definition) is 0. The molecule has 2 aromatic rings. The van der Waals surface area contributed by atoms with Crippen LogP contribution in [-0.2, 0) is 15.3 Å². The van der Waals surface area contributed by atoms with E-state index in [9.17, 15) is 0 Å². The van der Waals surface area contributed by atoms with Gasteiger partial charge in [0.05, 0.1) is 24.6 Å². The standard InChI is InChI=1S/C17H19BrO3/c1-11-10-20-17(21-11,12(2)18)15-6-4-14-9-16(19-3)7-5-13(14)8-15/h4-9,11-12H,10H2,1-3H3/t11?,12-,17?/m0/s1. The second kappa shape index (κ2) is 5.59. The lowest BCUT2D eigenvalue weighted by Crippen LogP contribution is -2.35. The molecule has 4 heteroatoms. The summed E-state index contributed by atoms with van der Waals surface area (Å²) in [4.78, 5) is 0.0608. The van der Waals surface area contributed by atoms with Gasteiger partial charge in [0, 0.05) is 5.56 Å². The predicted molar refractivity (Wildman–Crippen MR) is 87.1 cm³/mol. The second-order valence-electron chi connectivity index (χ2n) is 5.45. The lowest BCUT2D eigenvalue weighted by Gasteiger charge is -2.31. The quantitative estimate of drug-likeness (QED) is 0.775. The van der Waals surface area contributed by atoms with Crippen LogP contribution in [0, 0.1) is 0 Å². The van der Waals surface area contributed by atoms with Crippen molar-refractivity contribution in [2.45, 2.75) is 30.6 Å². The molecule has 0 aromatic heterocycles. The van der Waals surface area contributed by atoms with E-state index in [4.69, 9.17) is 14.2 Å². The molecule has 112 valence electrons. The number of halogens is 1. The van der Waals surface area contributed by atoms with Gasteiger partial charge in [-0.2, -0.15) is 0 Å². The highest BCUT2D eigenvalue weighted by atomic mass is 79.9. The van der Waals surface area contributed by atoms with Gasteiger partial charge in [-0.05, 0) is 42.8 Å². The van der Waals surface area contributed by atoms with Crippen LogP contribution in [-0.4, -0.2) is 24.6 Å². The minimum atomic E-state index is -0.715. The van der Waals surface area contributed by atoms with Gasteiger partial charge in [-0.3, -0.25) is 0 Å². The third-order valence-corrected chi connectivity index (χ3v) is 4.48. The maximum absolute atomic E-state index is 6.10. The lowest BCUT2D eigenvalue weighted by atomic mass is 9.99. The third kappa shape index (κ3) is 2.56. The Hall–Kier alpha value is -1.10. The van der Waals surface area contributed by atoms with Crippen molar-refractivity contribution in [1.29, 1.82) is 0 Å². The van der Waals surface area contributed by atoms with Crippen LogP contribution in [0.1, 0.15) is 19.4 Å². The fraction of sp³-hybridized carbons (Fsp3) is 0.412. The first-order chi connectivity index (χ1) is 10.0. The Balaban J connectivity index is 2.07. The van der Waals surface area contributed by atoms with E-state index in [-0.39, 0.29) is 10.9 Å². The SMILES string of the molecule is COc1ccc2cc(C3([C@H](C)Br)OCC(C)O3)ccc2c1. The summed E-state index contributed by atoms with van der Waals surface area (Å²) in [7, 11) is 1.68. The number of benzene rings is 2. The number of hydrogen-bond acceptors (Lipinski definition) is 3. The average Bonchev–Trinajstić information content (AvgIpc) is 2.89. The molecule has 1 aliphatic rings. The van der Waals surface area contributed by atoms with Gasteiger partial charge in [0.2, 0.25) is 5.79 Å². The first-order valence-electron chi connectivity index (χ1n) is 7.09. The van der Waals surface area contributed by atoms with Crippen LogP contribution >= 0.6 is 15.9 Å². The summed E-state index contributed by atoms with van der Waals surface area (Å²) in [5.41, 5.74) is 1.04. The molecule has 0 saturated carbocycles. The summed E-state index contributed by atoms with van der Waals surface area (Å²) in [6.07, 6.45) is 0.0940. The molecule has 21 heavy (non-hydrogen) atoms. The number of alkyl halides is 1. The van der Waals surface area contributed by atoms with E-state index in [1.54, 1.807) is 7.11 Å². The van der Waals surface area contributed by atoms with E-state index in [0.717, 1.165) is 22.1 Å². The molecule has 0 amide bonds. The Kier molecular flexibility index (Phi) is 3.95. The van der Waals surface area contributed by atoms with Crippen molar-refractivity contribution in [3.8, 4) is 5.75 Å². The number of fused-ring (bicyclic) bond motifs is 1. The van der Waals surface area contributed by atoms with Gasteiger partial charge in [-0.15, -0.1) is 0 Å². The minimum Gasteiger partial charge on any atom is -0.497 e. The zero-order valence-corrected chi connectivity index (χ0v) is 14.0. The molecule has 0 radical (unpaired) electrons. The second-order valence-corrected chi connectivity index (χ2v) is 6.82. The molecule has 0 N–H and O–H groups in total. The molecule has 2 aromatic carbocycles. The molecule has 1 heterocycles. The average molecular weight is 351 g/mol. The van der Waals surface area contributed by atoms with E-state index >= 15 is 0 Å². The fourth-order valence-corrected chi connectivity index (χ4v) is 3.27.